The van der Waals surface area contributed by atoms with Gasteiger partial charge in [-0.1, -0.05) is 49.6 Å². The molecule has 1 unspecified atom stereocenters. The fourth-order valence-corrected chi connectivity index (χ4v) is 2.95. The lowest BCUT2D eigenvalue weighted by molar-refractivity contribution is 0.225. The van der Waals surface area contributed by atoms with Crippen molar-refractivity contribution in [2.45, 2.75) is 44.2 Å². The van der Waals surface area contributed by atoms with Crippen molar-refractivity contribution in [3.8, 4) is 0 Å². The van der Waals surface area contributed by atoms with E-state index in [0.29, 0.717) is 12.6 Å². The molecular weight excluding hydrogens is 262 g/mol. The predicted molar refractivity (Wildman–Crippen MR) is 86.3 cm³/mol. The molecule has 2 rings (SSSR count). The van der Waals surface area contributed by atoms with Crippen LogP contribution in [0.5, 0.6) is 0 Å². The van der Waals surface area contributed by atoms with Gasteiger partial charge >= 0.3 is 6.03 Å². The highest BCUT2D eigenvalue weighted by Crippen LogP contribution is 2.18. The molecule has 4 nitrogen and oxygen atoms in total. The van der Waals surface area contributed by atoms with Crippen LogP contribution in [0.1, 0.15) is 43.7 Å². The number of carbonyl (C=O) groups excluding carboxylic acids is 1. The van der Waals surface area contributed by atoms with Gasteiger partial charge in [0.25, 0.3) is 0 Å². The van der Waals surface area contributed by atoms with Crippen LogP contribution in [-0.2, 0) is 0 Å². The van der Waals surface area contributed by atoms with Gasteiger partial charge in [-0.05, 0) is 32.5 Å². The number of hydrogen-bond donors (Lipinski definition) is 2. The number of nitrogens with one attached hydrogen (secondary N) is 2. The Kier molecular flexibility index (Phi) is 6.05. The van der Waals surface area contributed by atoms with Crippen LogP contribution >= 0.6 is 0 Å². The van der Waals surface area contributed by atoms with Gasteiger partial charge in [0.2, 0.25) is 0 Å². The standard InChI is InChI=1S/C17H27N3O/c1-20(2)16(14-9-5-3-6-10-14)13-18-17(21)19-15-11-7-4-8-12-15/h3,5-6,9-10,15-16H,4,7-8,11-13H2,1-2H3,(H2,18,19,21). The molecule has 0 heterocycles. The smallest absolute Gasteiger partial charge is 0.315 e. The summed E-state index contributed by atoms with van der Waals surface area (Å²) in [6, 6.07) is 10.8. The molecule has 2 N–H and O–H groups in total. The topological polar surface area (TPSA) is 44.4 Å². The van der Waals surface area contributed by atoms with Crippen molar-refractivity contribution < 1.29 is 4.79 Å². The summed E-state index contributed by atoms with van der Waals surface area (Å²) in [6.07, 6.45) is 5.99. The summed E-state index contributed by atoms with van der Waals surface area (Å²) < 4.78 is 0. The van der Waals surface area contributed by atoms with E-state index >= 15 is 0 Å². The van der Waals surface area contributed by atoms with E-state index in [0.717, 1.165) is 12.8 Å². The van der Waals surface area contributed by atoms with E-state index in [4.69, 9.17) is 0 Å². The van der Waals surface area contributed by atoms with Crippen molar-refractivity contribution in [1.29, 1.82) is 0 Å². The first-order valence-corrected chi connectivity index (χ1v) is 7.92. The molecule has 2 amide bonds. The summed E-state index contributed by atoms with van der Waals surface area (Å²) in [6.45, 7) is 0.621. The van der Waals surface area contributed by atoms with Gasteiger partial charge in [-0.15, -0.1) is 0 Å². The molecule has 1 fully saturated rings. The average molecular weight is 289 g/mol. The summed E-state index contributed by atoms with van der Waals surface area (Å²) in [7, 11) is 4.08. The normalized spacial score (nSPS) is 17.5. The molecular formula is C17H27N3O. The SMILES string of the molecule is CN(C)C(CNC(=O)NC1CCCCC1)c1ccccc1. The molecule has 116 valence electrons. The Hall–Kier alpha value is -1.55. The quantitative estimate of drug-likeness (QED) is 0.875. The van der Waals surface area contributed by atoms with E-state index in [1.165, 1.54) is 24.8 Å². The number of likely N-dealkylation sites (N-methyl/N-ethyl adjacent to an activating group) is 1. The zero-order valence-electron chi connectivity index (χ0n) is 13.1. The lowest BCUT2D eigenvalue weighted by atomic mass is 9.96. The number of benzene rings is 1. The lowest BCUT2D eigenvalue weighted by Gasteiger charge is -2.27. The van der Waals surface area contributed by atoms with E-state index in [-0.39, 0.29) is 12.1 Å². The van der Waals surface area contributed by atoms with Crippen molar-refractivity contribution in [3.05, 3.63) is 35.9 Å². The first kappa shape index (κ1) is 15.8. The van der Waals surface area contributed by atoms with E-state index in [2.05, 4.69) is 27.7 Å². The lowest BCUT2D eigenvalue weighted by Crippen LogP contribution is -2.45. The third kappa shape index (κ3) is 5.05. The number of hydrogen-bond acceptors (Lipinski definition) is 2. The number of carbonyl (C=O) groups is 1. The van der Waals surface area contributed by atoms with Crippen LogP contribution < -0.4 is 10.6 Å². The molecule has 0 aliphatic heterocycles. The van der Waals surface area contributed by atoms with E-state index in [1.54, 1.807) is 0 Å². The summed E-state index contributed by atoms with van der Waals surface area (Å²) in [5.41, 5.74) is 1.22. The van der Waals surface area contributed by atoms with Crippen molar-refractivity contribution in [1.82, 2.24) is 15.5 Å². The molecule has 1 aromatic carbocycles. The highest BCUT2D eigenvalue weighted by molar-refractivity contribution is 5.74. The Balaban J connectivity index is 1.82. The monoisotopic (exact) mass is 289 g/mol. The fraction of sp³-hybridized carbons (Fsp3) is 0.588. The maximum atomic E-state index is 12.0. The van der Waals surface area contributed by atoms with Gasteiger partial charge in [-0.25, -0.2) is 4.79 Å². The molecule has 0 saturated heterocycles. The highest BCUT2D eigenvalue weighted by atomic mass is 16.2. The van der Waals surface area contributed by atoms with Gasteiger partial charge in [0.1, 0.15) is 0 Å². The summed E-state index contributed by atoms with van der Waals surface area (Å²) in [5.74, 6) is 0. The van der Waals surface area contributed by atoms with Gasteiger partial charge in [-0.2, -0.15) is 0 Å². The maximum Gasteiger partial charge on any atom is 0.315 e. The van der Waals surface area contributed by atoms with Gasteiger partial charge < -0.3 is 15.5 Å². The number of amides is 2. The zero-order chi connectivity index (χ0) is 15.1. The summed E-state index contributed by atoms with van der Waals surface area (Å²) >= 11 is 0. The first-order chi connectivity index (χ1) is 10.2. The second-order valence-electron chi connectivity index (χ2n) is 6.08. The molecule has 0 bridgehead atoms. The molecule has 0 radical (unpaired) electrons. The Bertz CT molecular complexity index is 427. The van der Waals surface area contributed by atoms with Crippen LogP contribution in [0.3, 0.4) is 0 Å². The first-order valence-electron chi connectivity index (χ1n) is 7.92. The third-order valence-electron chi connectivity index (χ3n) is 4.20. The second-order valence-corrected chi connectivity index (χ2v) is 6.08. The van der Waals surface area contributed by atoms with Crippen molar-refractivity contribution in [2.24, 2.45) is 0 Å². The summed E-state index contributed by atoms with van der Waals surface area (Å²) in [5, 5.41) is 6.11. The number of nitrogens with zero attached hydrogens (tertiary/aromatic N) is 1. The minimum absolute atomic E-state index is 0.0373. The van der Waals surface area contributed by atoms with Gasteiger partial charge in [0, 0.05) is 12.6 Å². The Labute approximate surface area is 127 Å². The van der Waals surface area contributed by atoms with Crippen LogP contribution in [-0.4, -0.2) is 37.6 Å². The maximum absolute atomic E-state index is 12.0. The zero-order valence-corrected chi connectivity index (χ0v) is 13.1. The molecule has 1 saturated carbocycles. The minimum Gasteiger partial charge on any atom is -0.336 e. The van der Waals surface area contributed by atoms with Crippen LogP contribution in [0.25, 0.3) is 0 Å². The van der Waals surface area contributed by atoms with Crippen molar-refractivity contribution in [3.63, 3.8) is 0 Å². The van der Waals surface area contributed by atoms with Gasteiger partial charge in [-0.3, -0.25) is 0 Å². The van der Waals surface area contributed by atoms with Crippen molar-refractivity contribution in [2.75, 3.05) is 20.6 Å². The predicted octanol–water partition coefficient (Wildman–Crippen LogP) is 2.92. The molecule has 1 aliphatic carbocycles. The van der Waals surface area contributed by atoms with Crippen LogP contribution in [0, 0.1) is 0 Å². The van der Waals surface area contributed by atoms with E-state index in [1.807, 2.05) is 32.3 Å². The van der Waals surface area contributed by atoms with Crippen LogP contribution in [0.4, 0.5) is 4.79 Å². The highest BCUT2D eigenvalue weighted by Gasteiger charge is 2.18. The second kappa shape index (κ2) is 8.03. The molecule has 0 aromatic heterocycles. The Morgan fingerprint density at radius 1 is 1.19 bits per heavy atom. The largest absolute Gasteiger partial charge is 0.336 e. The third-order valence-corrected chi connectivity index (χ3v) is 4.20. The number of rotatable bonds is 5. The van der Waals surface area contributed by atoms with E-state index < -0.39 is 0 Å². The van der Waals surface area contributed by atoms with Gasteiger partial charge in [0.05, 0.1) is 6.04 Å². The van der Waals surface area contributed by atoms with Crippen LogP contribution in [0.15, 0.2) is 30.3 Å². The van der Waals surface area contributed by atoms with Gasteiger partial charge in [0.15, 0.2) is 0 Å². The molecule has 21 heavy (non-hydrogen) atoms. The molecule has 1 aliphatic rings. The Morgan fingerprint density at radius 2 is 1.86 bits per heavy atom. The summed E-state index contributed by atoms with van der Waals surface area (Å²) in [4.78, 5) is 14.2. The minimum atomic E-state index is -0.0373. The van der Waals surface area contributed by atoms with Crippen LogP contribution in [0.2, 0.25) is 0 Å². The average Bonchev–Trinajstić information content (AvgIpc) is 2.49. The molecule has 1 atom stereocenters. The molecule has 1 aromatic rings. The Morgan fingerprint density at radius 3 is 2.48 bits per heavy atom. The molecule has 0 spiro atoms. The number of urea groups is 1. The molecule has 4 heteroatoms. The van der Waals surface area contributed by atoms with E-state index in [9.17, 15) is 4.79 Å². The van der Waals surface area contributed by atoms with Crippen molar-refractivity contribution >= 4 is 6.03 Å². The fourth-order valence-electron chi connectivity index (χ4n) is 2.95.